The van der Waals surface area contributed by atoms with E-state index >= 15 is 0 Å². The number of hydrogen-bond donors (Lipinski definition) is 0. The van der Waals surface area contributed by atoms with Gasteiger partial charge in [-0.25, -0.2) is 0 Å². The van der Waals surface area contributed by atoms with Gasteiger partial charge in [-0.3, -0.25) is 4.79 Å². The van der Waals surface area contributed by atoms with Gasteiger partial charge in [-0.2, -0.15) is 0 Å². The molecule has 0 aliphatic carbocycles. The minimum Gasteiger partial charge on any atom is -0.352 e. The lowest BCUT2D eigenvalue weighted by Crippen LogP contribution is -2.29. The second-order valence-electron chi connectivity index (χ2n) is 2.68. The number of carbonyl (C=O) groups is 1. The molecule has 0 bridgehead atoms. The van der Waals surface area contributed by atoms with Crippen molar-refractivity contribution >= 4 is 5.78 Å². The van der Waals surface area contributed by atoms with Crippen LogP contribution in [0.25, 0.3) is 0 Å². The van der Waals surface area contributed by atoms with Gasteiger partial charge in [0.2, 0.25) is 0 Å². The van der Waals surface area contributed by atoms with Gasteiger partial charge in [-0.15, -0.1) is 0 Å². The van der Waals surface area contributed by atoms with Crippen LogP contribution < -0.4 is 0 Å². The van der Waals surface area contributed by atoms with Crippen molar-refractivity contribution in [2.24, 2.45) is 5.92 Å². The average Bonchev–Trinajstić information content (AvgIpc) is 2.03. The highest BCUT2D eigenvalue weighted by atomic mass is 16.7. The summed E-state index contributed by atoms with van der Waals surface area (Å²) in [5.74, 6) is -0.0770. The average molecular weight is 174 g/mol. The van der Waals surface area contributed by atoms with E-state index in [0.717, 1.165) is 0 Å². The summed E-state index contributed by atoms with van der Waals surface area (Å²) >= 11 is 0. The van der Waals surface area contributed by atoms with Crippen molar-refractivity contribution in [3.63, 3.8) is 0 Å². The van der Waals surface area contributed by atoms with Crippen molar-refractivity contribution in [3.8, 4) is 0 Å². The zero-order chi connectivity index (χ0) is 9.56. The smallest absolute Gasteiger partial charge is 0.166 e. The molecule has 1 unspecified atom stereocenters. The molecule has 0 radical (unpaired) electrons. The number of ketones is 1. The molecule has 0 rings (SSSR count). The Hall–Kier alpha value is -0.410. The van der Waals surface area contributed by atoms with Crippen LogP contribution in [0.1, 0.15) is 27.7 Å². The molecule has 0 saturated heterocycles. The molecular formula is C9H18O3. The van der Waals surface area contributed by atoms with E-state index in [-0.39, 0.29) is 18.0 Å². The highest BCUT2D eigenvalue weighted by molar-refractivity contribution is 5.78. The number of hydrogen-bond acceptors (Lipinski definition) is 3. The van der Waals surface area contributed by atoms with E-state index in [9.17, 15) is 4.79 Å². The molecule has 0 aromatic heterocycles. The number of rotatable bonds is 6. The summed E-state index contributed by atoms with van der Waals surface area (Å²) in [5.41, 5.74) is 0. The predicted octanol–water partition coefficient (Wildman–Crippen LogP) is 1.61. The van der Waals surface area contributed by atoms with Crippen LogP contribution in [-0.4, -0.2) is 25.3 Å². The molecule has 0 heterocycles. The van der Waals surface area contributed by atoms with Gasteiger partial charge in [0.05, 0.1) is 5.92 Å². The lowest BCUT2D eigenvalue weighted by atomic mass is 10.1. The number of ether oxygens (including phenoxy) is 2. The molecule has 0 saturated carbocycles. The van der Waals surface area contributed by atoms with Gasteiger partial charge in [-0.05, 0) is 20.8 Å². The van der Waals surface area contributed by atoms with Crippen LogP contribution in [0.5, 0.6) is 0 Å². The van der Waals surface area contributed by atoms with E-state index in [2.05, 4.69) is 0 Å². The van der Waals surface area contributed by atoms with E-state index in [1.165, 1.54) is 0 Å². The van der Waals surface area contributed by atoms with E-state index in [1.807, 2.05) is 20.8 Å². The highest BCUT2D eigenvalue weighted by Crippen LogP contribution is 2.09. The van der Waals surface area contributed by atoms with Crippen molar-refractivity contribution in [2.75, 3.05) is 13.2 Å². The van der Waals surface area contributed by atoms with Gasteiger partial charge in [0, 0.05) is 13.2 Å². The molecule has 0 spiro atoms. The Morgan fingerprint density at radius 1 is 1.25 bits per heavy atom. The molecule has 0 N–H and O–H groups in total. The zero-order valence-electron chi connectivity index (χ0n) is 8.29. The summed E-state index contributed by atoms with van der Waals surface area (Å²) < 4.78 is 10.5. The number of carbonyl (C=O) groups excluding carboxylic acids is 1. The van der Waals surface area contributed by atoms with Crippen molar-refractivity contribution < 1.29 is 14.3 Å². The number of Topliss-reactive ketones (excluding diaryl/α,β-unsaturated/α-hetero) is 1. The van der Waals surface area contributed by atoms with Gasteiger partial charge in [0.15, 0.2) is 6.29 Å². The third-order valence-corrected chi connectivity index (χ3v) is 1.71. The zero-order valence-corrected chi connectivity index (χ0v) is 8.29. The molecule has 0 fully saturated rings. The van der Waals surface area contributed by atoms with Crippen LogP contribution in [0, 0.1) is 5.92 Å². The molecule has 0 amide bonds. The summed E-state index contributed by atoms with van der Waals surface area (Å²) in [4.78, 5) is 11.0. The van der Waals surface area contributed by atoms with Gasteiger partial charge in [0.1, 0.15) is 5.78 Å². The van der Waals surface area contributed by atoms with Crippen LogP contribution >= 0.6 is 0 Å². The van der Waals surface area contributed by atoms with Crippen LogP contribution in [-0.2, 0) is 14.3 Å². The second-order valence-corrected chi connectivity index (χ2v) is 2.68. The quantitative estimate of drug-likeness (QED) is 0.574. The van der Waals surface area contributed by atoms with E-state index in [0.29, 0.717) is 13.2 Å². The molecule has 0 aromatic carbocycles. The summed E-state index contributed by atoms with van der Waals surface area (Å²) in [6.45, 7) is 8.29. The SMILES string of the molecule is CCOC(OCC)C(C)C(C)=O. The molecule has 3 nitrogen and oxygen atoms in total. The highest BCUT2D eigenvalue weighted by Gasteiger charge is 2.21. The Balaban J connectivity index is 3.98. The first-order chi connectivity index (χ1) is 5.63. The van der Waals surface area contributed by atoms with Crippen LogP contribution in [0.2, 0.25) is 0 Å². The summed E-state index contributed by atoms with van der Waals surface area (Å²) in [6, 6.07) is 0. The first-order valence-electron chi connectivity index (χ1n) is 4.37. The molecule has 0 aliphatic heterocycles. The van der Waals surface area contributed by atoms with Gasteiger partial charge >= 0.3 is 0 Å². The maximum absolute atomic E-state index is 11.0. The molecule has 12 heavy (non-hydrogen) atoms. The summed E-state index contributed by atoms with van der Waals surface area (Å²) in [7, 11) is 0. The van der Waals surface area contributed by atoms with E-state index < -0.39 is 0 Å². The topological polar surface area (TPSA) is 35.5 Å². The Bertz CT molecular complexity index is 128. The van der Waals surface area contributed by atoms with Crippen LogP contribution in [0.3, 0.4) is 0 Å². The molecule has 3 heteroatoms. The lowest BCUT2D eigenvalue weighted by molar-refractivity contribution is -0.170. The molecular weight excluding hydrogens is 156 g/mol. The summed E-state index contributed by atoms with van der Waals surface area (Å²) in [6.07, 6.45) is -0.377. The molecule has 1 atom stereocenters. The van der Waals surface area contributed by atoms with E-state index in [4.69, 9.17) is 9.47 Å². The van der Waals surface area contributed by atoms with Crippen molar-refractivity contribution in [2.45, 2.75) is 34.0 Å². The summed E-state index contributed by atoms with van der Waals surface area (Å²) in [5, 5.41) is 0. The van der Waals surface area contributed by atoms with Gasteiger partial charge in [-0.1, -0.05) is 6.92 Å². The molecule has 0 aliphatic rings. The third kappa shape index (κ3) is 3.83. The third-order valence-electron chi connectivity index (χ3n) is 1.71. The van der Waals surface area contributed by atoms with Gasteiger partial charge < -0.3 is 9.47 Å². The standard InChI is InChI=1S/C9H18O3/c1-5-11-9(12-6-2)7(3)8(4)10/h7,9H,5-6H2,1-4H3. The lowest BCUT2D eigenvalue weighted by Gasteiger charge is -2.21. The normalized spacial score (nSPS) is 13.4. The Labute approximate surface area is 74.0 Å². The first kappa shape index (κ1) is 11.6. The fourth-order valence-corrected chi connectivity index (χ4v) is 0.857. The van der Waals surface area contributed by atoms with Crippen molar-refractivity contribution in [3.05, 3.63) is 0 Å². The molecule has 72 valence electrons. The monoisotopic (exact) mass is 174 g/mol. The molecule has 0 aromatic rings. The Kier molecular flexibility index (Phi) is 5.93. The minimum atomic E-state index is -0.377. The maximum Gasteiger partial charge on any atom is 0.166 e. The Morgan fingerprint density at radius 2 is 1.67 bits per heavy atom. The van der Waals surface area contributed by atoms with Crippen LogP contribution in [0.4, 0.5) is 0 Å². The second kappa shape index (κ2) is 6.14. The minimum absolute atomic E-state index is 0.0990. The first-order valence-corrected chi connectivity index (χ1v) is 4.37. The fraction of sp³-hybridized carbons (Fsp3) is 0.889. The maximum atomic E-state index is 11.0. The van der Waals surface area contributed by atoms with Crippen molar-refractivity contribution in [1.29, 1.82) is 0 Å². The predicted molar refractivity (Wildman–Crippen MR) is 46.9 cm³/mol. The van der Waals surface area contributed by atoms with Crippen molar-refractivity contribution in [1.82, 2.24) is 0 Å². The van der Waals surface area contributed by atoms with Crippen LogP contribution in [0.15, 0.2) is 0 Å². The van der Waals surface area contributed by atoms with E-state index in [1.54, 1.807) is 6.92 Å². The Morgan fingerprint density at radius 3 is 1.92 bits per heavy atom. The largest absolute Gasteiger partial charge is 0.352 e. The van der Waals surface area contributed by atoms with Gasteiger partial charge in [0.25, 0.3) is 0 Å². The fourth-order valence-electron chi connectivity index (χ4n) is 0.857.